The molecule has 5 nitrogen and oxygen atoms in total. The van der Waals surface area contributed by atoms with Crippen molar-refractivity contribution in [1.29, 1.82) is 0 Å². The third kappa shape index (κ3) is 1.94. The lowest BCUT2D eigenvalue weighted by Gasteiger charge is -2.43. The van der Waals surface area contributed by atoms with Crippen molar-refractivity contribution >= 4 is 33.4 Å². The van der Waals surface area contributed by atoms with Crippen molar-refractivity contribution in [3.05, 3.63) is 40.6 Å². The van der Waals surface area contributed by atoms with Crippen LogP contribution in [0.5, 0.6) is 0 Å². The van der Waals surface area contributed by atoms with Crippen molar-refractivity contribution in [2.45, 2.75) is 43.9 Å². The summed E-state index contributed by atoms with van der Waals surface area (Å²) in [5.41, 5.74) is -2.63. The number of carbonyl (C=O) groups excluding carboxylic acids is 2. The van der Waals surface area contributed by atoms with Crippen LogP contribution < -0.4 is 4.90 Å². The van der Waals surface area contributed by atoms with Crippen LogP contribution in [0.2, 0.25) is 0 Å². The summed E-state index contributed by atoms with van der Waals surface area (Å²) in [5, 5.41) is 11.4. The van der Waals surface area contributed by atoms with E-state index in [1.807, 2.05) is 11.8 Å². The normalized spacial score (nSPS) is 43.8. The Hall–Kier alpha value is -1.73. The number of ketones is 1. The Balaban J connectivity index is 1.57. The molecule has 3 unspecified atom stereocenters. The number of halogens is 2. The SMILES string of the molecule is C[C@H]1CCC2C(OC(=O)C23CN3c2ccc(F)c(Br)c2)[C@]2(C)C(=O)C=C[C@@]12O. The number of esters is 1. The van der Waals surface area contributed by atoms with Gasteiger partial charge in [-0.05, 0) is 72.0 Å². The molecule has 2 saturated heterocycles. The molecule has 2 aliphatic carbocycles. The molecule has 6 atom stereocenters. The van der Waals surface area contributed by atoms with Gasteiger partial charge in [0, 0.05) is 11.6 Å². The molecule has 0 radical (unpaired) electrons. The Labute approximate surface area is 170 Å². The average Bonchev–Trinajstić information content (AvgIpc) is 3.30. The van der Waals surface area contributed by atoms with E-state index >= 15 is 0 Å². The molecule has 0 amide bonds. The van der Waals surface area contributed by atoms with Gasteiger partial charge in [0.15, 0.2) is 11.3 Å². The van der Waals surface area contributed by atoms with E-state index in [0.717, 1.165) is 5.69 Å². The number of hydrogen-bond donors (Lipinski definition) is 1. The summed E-state index contributed by atoms with van der Waals surface area (Å²) < 4.78 is 19.8. The molecule has 5 rings (SSSR count). The van der Waals surface area contributed by atoms with Crippen molar-refractivity contribution in [2.75, 3.05) is 11.4 Å². The van der Waals surface area contributed by atoms with Gasteiger partial charge in [0.25, 0.3) is 0 Å². The molecule has 1 aromatic rings. The molecule has 7 heteroatoms. The largest absolute Gasteiger partial charge is 0.459 e. The summed E-state index contributed by atoms with van der Waals surface area (Å²) in [6, 6.07) is 4.67. The zero-order chi connectivity index (χ0) is 20.1. The summed E-state index contributed by atoms with van der Waals surface area (Å²) in [5.74, 6) is -1.26. The van der Waals surface area contributed by atoms with Crippen LogP contribution in [0.3, 0.4) is 0 Å². The van der Waals surface area contributed by atoms with E-state index in [4.69, 9.17) is 4.74 Å². The molecule has 3 fully saturated rings. The van der Waals surface area contributed by atoms with Crippen molar-refractivity contribution in [3.8, 4) is 0 Å². The third-order valence-corrected chi connectivity index (χ3v) is 8.23. The predicted octanol–water partition coefficient (Wildman–Crippen LogP) is 2.99. The molecule has 1 aromatic carbocycles. The molecule has 0 bridgehead atoms. The van der Waals surface area contributed by atoms with Gasteiger partial charge in [-0.3, -0.25) is 4.79 Å². The van der Waals surface area contributed by atoms with Crippen LogP contribution in [0.1, 0.15) is 26.7 Å². The van der Waals surface area contributed by atoms with Gasteiger partial charge in [0.2, 0.25) is 0 Å². The fraction of sp³-hybridized carbons (Fsp3) is 0.524. The fourth-order valence-electron chi connectivity index (χ4n) is 5.72. The lowest BCUT2D eigenvalue weighted by Crippen LogP contribution is -2.57. The Kier molecular flexibility index (Phi) is 3.56. The highest BCUT2D eigenvalue weighted by Gasteiger charge is 2.77. The van der Waals surface area contributed by atoms with E-state index < -0.39 is 22.7 Å². The number of anilines is 1. The van der Waals surface area contributed by atoms with Gasteiger partial charge < -0.3 is 14.7 Å². The van der Waals surface area contributed by atoms with Crippen LogP contribution in [0.15, 0.2) is 34.8 Å². The molecule has 4 aliphatic rings. The first-order chi connectivity index (χ1) is 13.2. The predicted molar refractivity (Wildman–Crippen MR) is 103 cm³/mol. The summed E-state index contributed by atoms with van der Waals surface area (Å²) in [7, 11) is 0. The minimum Gasteiger partial charge on any atom is -0.459 e. The average molecular weight is 450 g/mol. The Morgan fingerprint density at radius 1 is 1.32 bits per heavy atom. The second-order valence-electron chi connectivity index (χ2n) is 8.74. The second kappa shape index (κ2) is 5.45. The standard InChI is InChI=1S/C21H21BrFNO4/c1-11-3-5-13-17(19(2)16(25)7-8-21(11,19)27)28-18(26)20(13)10-24(20)12-4-6-15(23)14(22)9-12/h4,6-9,11,13,17,27H,3,5,10H2,1-2H3/t11-,13?,17?,19-,20?,21+,24?/m0/s1. The zero-order valence-corrected chi connectivity index (χ0v) is 17.2. The molecule has 1 spiro atoms. The number of ether oxygens (including phenoxy) is 1. The van der Waals surface area contributed by atoms with E-state index in [9.17, 15) is 19.1 Å². The number of fused-ring (bicyclic) bond motifs is 4. The van der Waals surface area contributed by atoms with Crippen LogP contribution in [-0.2, 0) is 14.3 Å². The molecule has 28 heavy (non-hydrogen) atoms. The van der Waals surface area contributed by atoms with E-state index in [1.165, 1.54) is 12.1 Å². The number of benzene rings is 1. The Morgan fingerprint density at radius 2 is 2.07 bits per heavy atom. The van der Waals surface area contributed by atoms with Crippen molar-refractivity contribution in [3.63, 3.8) is 0 Å². The molecule has 2 heterocycles. The van der Waals surface area contributed by atoms with Gasteiger partial charge in [-0.2, -0.15) is 0 Å². The monoisotopic (exact) mass is 449 g/mol. The van der Waals surface area contributed by atoms with Crippen molar-refractivity contribution in [1.82, 2.24) is 0 Å². The Bertz CT molecular complexity index is 950. The van der Waals surface area contributed by atoms with Crippen LogP contribution in [0, 0.1) is 23.1 Å². The van der Waals surface area contributed by atoms with Gasteiger partial charge in [-0.25, -0.2) is 9.18 Å². The molecule has 148 valence electrons. The van der Waals surface area contributed by atoms with Gasteiger partial charge >= 0.3 is 5.97 Å². The lowest BCUT2D eigenvalue weighted by molar-refractivity contribution is -0.166. The number of hydrogen-bond acceptors (Lipinski definition) is 5. The third-order valence-electron chi connectivity index (χ3n) is 7.62. The van der Waals surface area contributed by atoms with Gasteiger partial charge in [0.1, 0.15) is 17.5 Å². The summed E-state index contributed by atoms with van der Waals surface area (Å²) in [6.07, 6.45) is 3.69. The number of allylic oxidation sites excluding steroid dienone is 1. The highest BCUT2D eigenvalue weighted by Crippen LogP contribution is 2.62. The van der Waals surface area contributed by atoms with E-state index in [2.05, 4.69) is 15.9 Å². The zero-order valence-electron chi connectivity index (χ0n) is 15.6. The molecule has 2 aliphatic heterocycles. The van der Waals surface area contributed by atoms with Gasteiger partial charge in [-0.1, -0.05) is 6.92 Å². The van der Waals surface area contributed by atoms with Gasteiger partial charge in [-0.15, -0.1) is 0 Å². The molecular formula is C21H21BrFNO4. The van der Waals surface area contributed by atoms with Crippen LogP contribution >= 0.6 is 15.9 Å². The summed E-state index contributed by atoms with van der Waals surface area (Å²) >= 11 is 3.20. The topological polar surface area (TPSA) is 66.6 Å². The maximum absolute atomic E-state index is 13.6. The first-order valence-electron chi connectivity index (χ1n) is 9.56. The smallest absolute Gasteiger partial charge is 0.334 e. The van der Waals surface area contributed by atoms with Crippen LogP contribution in [-0.4, -0.2) is 40.6 Å². The minimum atomic E-state index is -1.33. The number of rotatable bonds is 1. The highest BCUT2D eigenvalue weighted by atomic mass is 79.9. The highest BCUT2D eigenvalue weighted by molar-refractivity contribution is 9.10. The van der Waals surface area contributed by atoms with Crippen molar-refractivity contribution in [2.24, 2.45) is 17.3 Å². The quantitative estimate of drug-likeness (QED) is 0.527. The first-order valence-corrected chi connectivity index (χ1v) is 10.4. The molecule has 0 aromatic heterocycles. The summed E-state index contributed by atoms with van der Waals surface area (Å²) in [4.78, 5) is 27.8. The van der Waals surface area contributed by atoms with E-state index in [1.54, 1.807) is 25.1 Å². The Morgan fingerprint density at radius 3 is 2.79 bits per heavy atom. The summed E-state index contributed by atoms with van der Waals surface area (Å²) in [6.45, 7) is 4.14. The van der Waals surface area contributed by atoms with E-state index in [-0.39, 0.29) is 29.4 Å². The number of nitrogens with zero attached hydrogens (tertiary/aromatic N) is 1. The van der Waals surface area contributed by atoms with Crippen LogP contribution in [0.4, 0.5) is 10.1 Å². The maximum Gasteiger partial charge on any atom is 0.334 e. The van der Waals surface area contributed by atoms with E-state index in [0.29, 0.717) is 23.9 Å². The first kappa shape index (κ1) is 18.3. The maximum atomic E-state index is 13.6. The minimum absolute atomic E-state index is 0.131. The number of aliphatic hydroxyl groups is 1. The lowest BCUT2D eigenvalue weighted by atomic mass is 9.64. The molecule has 1 N–H and O–H groups in total. The molecular weight excluding hydrogens is 429 g/mol. The van der Waals surface area contributed by atoms with Crippen molar-refractivity contribution < 1.29 is 23.8 Å². The fourth-order valence-corrected chi connectivity index (χ4v) is 6.09. The number of carbonyl (C=O) groups is 2. The molecule has 1 saturated carbocycles. The van der Waals surface area contributed by atoms with Gasteiger partial charge in [0.05, 0.1) is 16.4 Å². The van der Waals surface area contributed by atoms with Crippen LogP contribution in [0.25, 0.3) is 0 Å². The second-order valence-corrected chi connectivity index (χ2v) is 9.60.